The molecule has 0 saturated carbocycles. The van der Waals surface area contributed by atoms with Crippen LogP contribution in [0.2, 0.25) is 39.3 Å². The minimum atomic E-state index is -0.897. The van der Waals surface area contributed by atoms with E-state index in [1.165, 1.54) is 38.5 Å². The number of piperazine rings is 1. The van der Waals surface area contributed by atoms with Crippen molar-refractivity contribution in [3.8, 4) is 0 Å². The standard InChI is InChI=1S/C12H30N2Si2/c1-15(2,3)11-13-7-9-14(10-8-13)12-16(4,5)6/h7-12H2,1-6H3. The third kappa shape index (κ3) is 6.18. The van der Waals surface area contributed by atoms with Gasteiger partial charge in [-0.05, 0) is 12.3 Å². The summed E-state index contributed by atoms with van der Waals surface area (Å²) in [4.78, 5) is 5.37. The molecule has 1 heterocycles. The summed E-state index contributed by atoms with van der Waals surface area (Å²) in [7, 11) is -1.79. The highest BCUT2D eigenvalue weighted by atomic mass is 28.3. The van der Waals surface area contributed by atoms with Crippen LogP contribution < -0.4 is 0 Å². The topological polar surface area (TPSA) is 6.48 Å². The lowest BCUT2D eigenvalue weighted by atomic mass is 10.4. The summed E-state index contributed by atoms with van der Waals surface area (Å²) in [6, 6.07) is 0. The molecule has 0 aromatic heterocycles. The van der Waals surface area contributed by atoms with Gasteiger partial charge < -0.3 is 9.80 Å². The highest BCUT2D eigenvalue weighted by molar-refractivity contribution is 6.76. The molecule has 0 unspecified atom stereocenters. The zero-order chi connectivity index (χ0) is 12.4. The van der Waals surface area contributed by atoms with Crippen LogP contribution in [0, 0.1) is 0 Å². The van der Waals surface area contributed by atoms with E-state index in [1.54, 1.807) is 0 Å². The van der Waals surface area contributed by atoms with Crippen LogP contribution in [0.5, 0.6) is 0 Å². The van der Waals surface area contributed by atoms with Crippen molar-refractivity contribution in [2.45, 2.75) is 39.3 Å². The van der Waals surface area contributed by atoms with Gasteiger partial charge in [0.1, 0.15) is 0 Å². The van der Waals surface area contributed by atoms with Crippen LogP contribution >= 0.6 is 0 Å². The lowest BCUT2D eigenvalue weighted by molar-refractivity contribution is 0.162. The molecule has 0 radical (unpaired) electrons. The average Bonchev–Trinajstić information content (AvgIpc) is 2.03. The third-order valence-corrected chi connectivity index (χ3v) is 5.65. The molecule has 4 heteroatoms. The van der Waals surface area contributed by atoms with Crippen molar-refractivity contribution < 1.29 is 0 Å². The van der Waals surface area contributed by atoms with Crippen LogP contribution in [0.4, 0.5) is 0 Å². The summed E-state index contributed by atoms with van der Waals surface area (Å²) in [5, 5.41) is 0. The Labute approximate surface area is 104 Å². The van der Waals surface area contributed by atoms with E-state index < -0.39 is 16.1 Å². The van der Waals surface area contributed by atoms with Gasteiger partial charge in [0.25, 0.3) is 0 Å². The molecule has 0 N–H and O–H groups in total. The summed E-state index contributed by atoms with van der Waals surface area (Å²) in [6.45, 7) is 20.0. The van der Waals surface area contributed by atoms with Gasteiger partial charge >= 0.3 is 0 Å². The Balaban J connectivity index is 2.29. The largest absolute Gasteiger partial charge is 0.304 e. The van der Waals surface area contributed by atoms with Crippen LogP contribution in [0.3, 0.4) is 0 Å². The summed E-state index contributed by atoms with van der Waals surface area (Å²) < 4.78 is 0. The van der Waals surface area contributed by atoms with Gasteiger partial charge in [0.05, 0.1) is 16.1 Å². The Morgan fingerprint density at radius 2 is 0.875 bits per heavy atom. The van der Waals surface area contributed by atoms with Crippen molar-refractivity contribution in [1.82, 2.24) is 9.80 Å². The summed E-state index contributed by atoms with van der Waals surface area (Å²) in [6.07, 6.45) is 2.77. The summed E-state index contributed by atoms with van der Waals surface area (Å²) >= 11 is 0. The molecule has 1 rings (SSSR count). The second kappa shape index (κ2) is 5.33. The minimum Gasteiger partial charge on any atom is -0.304 e. The predicted octanol–water partition coefficient (Wildman–Crippen LogP) is 2.36. The molecule has 16 heavy (non-hydrogen) atoms. The highest BCUT2D eigenvalue weighted by Gasteiger charge is 2.25. The van der Waals surface area contributed by atoms with Crippen LogP contribution in [0.15, 0.2) is 0 Å². The number of hydrogen-bond donors (Lipinski definition) is 0. The van der Waals surface area contributed by atoms with Gasteiger partial charge in [0.15, 0.2) is 0 Å². The monoisotopic (exact) mass is 258 g/mol. The Hall–Kier alpha value is 0.354. The maximum Gasteiger partial charge on any atom is 0.0599 e. The zero-order valence-corrected chi connectivity index (χ0v) is 14.1. The van der Waals surface area contributed by atoms with E-state index in [2.05, 4.69) is 49.1 Å². The molecular weight excluding hydrogens is 228 g/mol. The SMILES string of the molecule is C[Si](C)(C)CN1CCN(C[Si](C)(C)C)CC1. The maximum atomic E-state index is 2.69. The molecule has 1 aliphatic heterocycles. The van der Waals surface area contributed by atoms with Gasteiger partial charge in [-0.3, -0.25) is 0 Å². The Kier molecular flexibility index (Phi) is 4.81. The van der Waals surface area contributed by atoms with E-state index in [1.807, 2.05) is 0 Å². The summed E-state index contributed by atoms with van der Waals surface area (Å²) in [5.74, 6) is 0. The first-order chi connectivity index (χ1) is 7.16. The first-order valence-electron chi connectivity index (χ1n) is 6.60. The van der Waals surface area contributed by atoms with Crippen molar-refractivity contribution >= 4 is 16.1 Å². The molecule has 0 aliphatic carbocycles. The number of rotatable bonds is 4. The van der Waals surface area contributed by atoms with E-state index >= 15 is 0 Å². The molecule has 1 fully saturated rings. The molecule has 0 aromatic carbocycles. The smallest absolute Gasteiger partial charge is 0.0599 e. The van der Waals surface area contributed by atoms with E-state index in [0.29, 0.717) is 0 Å². The molecule has 0 atom stereocenters. The van der Waals surface area contributed by atoms with E-state index in [0.717, 1.165) is 0 Å². The molecule has 0 aromatic rings. The van der Waals surface area contributed by atoms with Crippen molar-refractivity contribution in [2.75, 3.05) is 38.5 Å². The normalized spacial score (nSPS) is 21.4. The molecule has 0 spiro atoms. The fourth-order valence-corrected chi connectivity index (χ4v) is 5.76. The van der Waals surface area contributed by atoms with Crippen molar-refractivity contribution in [2.24, 2.45) is 0 Å². The van der Waals surface area contributed by atoms with Gasteiger partial charge in [0, 0.05) is 26.2 Å². The Bertz CT molecular complexity index is 186. The van der Waals surface area contributed by atoms with E-state index in [-0.39, 0.29) is 0 Å². The average molecular weight is 259 g/mol. The van der Waals surface area contributed by atoms with Crippen LogP contribution in [-0.4, -0.2) is 64.5 Å². The molecule has 96 valence electrons. The van der Waals surface area contributed by atoms with Gasteiger partial charge in [-0.25, -0.2) is 0 Å². The van der Waals surface area contributed by atoms with Crippen LogP contribution in [-0.2, 0) is 0 Å². The second-order valence-corrected chi connectivity index (χ2v) is 18.5. The molecule has 2 nitrogen and oxygen atoms in total. The fraction of sp³-hybridized carbons (Fsp3) is 1.00. The van der Waals surface area contributed by atoms with Crippen molar-refractivity contribution in [3.05, 3.63) is 0 Å². The Morgan fingerprint density at radius 3 is 1.06 bits per heavy atom. The first kappa shape index (κ1) is 14.4. The number of hydrogen-bond acceptors (Lipinski definition) is 2. The molecule has 0 amide bonds. The molecule has 1 saturated heterocycles. The van der Waals surface area contributed by atoms with E-state index in [4.69, 9.17) is 0 Å². The van der Waals surface area contributed by atoms with Gasteiger partial charge in [0.2, 0.25) is 0 Å². The predicted molar refractivity (Wildman–Crippen MR) is 79.6 cm³/mol. The van der Waals surface area contributed by atoms with Gasteiger partial charge in [-0.15, -0.1) is 0 Å². The van der Waals surface area contributed by atoms with Gasteiger partial charge in [-0.2, -0.15) is 0 Å². The summed E-state index contributed by atoms with van der Waals surface area (Å²) in [5.41, 5.74) is 0. The molecule has 1 aliphatic rings. The van der Waals surface area contributed by atoms with Crippen LogP contribution in [0.25, 0.3) is 0 Å². The maximum absolute atomic E-state index is 2.69. The molecular formula is C12H30N2Si2. The fourth-order valence-electron chi connectivity index (χ4n) is 2.45. The minimum absolute atomic E-state index is 0.897. The Morgan fingerprint density at radius 1 is 0.625 bits per heavy atom. The quantitative estimate of drug-likeness (QED) is 0.714. The third-order valence-electron chi connectivity index (χ3n) is 2.86. The second-order valence-electron chi connectivity index (χ2n) is 7.67. The van der Waals surface area contributed by atoms with Crippen LogP contribution in [0.1, 0.15) is 0 Å². The molecule has 0 bridgehead atoms. The van der Waals surface area contributed by atoms with Crippen molar-refractivity contribution in [1.29, 1.82) is 0 Å². The first-order valence-corrected chi connectivity index (χ1v) is 14.0. The number of nitrogens with zero attached hydrogens (tertiary/aromatic N) is 2. The van der Waals surface area contributed by atoms with E-state index in [9.17, 15) is 0 Å². The lowest BCUT2D eigenvalue weighted by Crippen LogP contribution is -2.54. The highest BCUT2D eigenvalue weighted by Crippen LogP contribution is 2.10. The van der Waals surface area contributed by atoms with Gasteiger partial charge in [-0.1, -0.05) is 39.3 Å². The zero-order valence-electron chi connectivity index (χ0n) is 12.1. The van der Waals surface area contributed by atoms with Crippen molar-refractivity contribution in [3.63, 3.8) is 0 Å². The lowest BCUT2D eigenvalue weighted by Gasteiger charge is -2.39.